The molecule has 1 saturated carbocycles. The first-order chi connectivity index (χ1) is 24.8. The van der Waals surface area contributed by atoms with Gasteiger partial charge in [0, 0.05) is 93.2 Å². The molecule has 0 amide bonds. The molecule has 6 nitrogen and oxygen atoms in total. The van der Waals surface area contributed by atoms with Crippen molar-refractivity contribution in [2.45, 2.75) is 36.0 Å². The first-order valence-corrected chi connectivity index (χ1v) is 19.0. The van der Waals surface area contributed by atoms with E-state index in [-0.39, 0.29) is 36.0 Å². The zero-order valence-electron chi connectivity index (χ0n) is 27.0. The van der Waals surface area contributed by atoms with Gasteiger partial charge in [-0.2, -0.15) is 0 Å². The van der Waals surface area contributed by atoms with E-state index < -0.39 is 0 Å². The van der Waals surface area contributed by atoms with Crippen molar-refractivity contribution < 1.29 is 0 Å². The maximum atomic E-state index is 3.80. The number of para-hydroxylation sites is 4. The van der Waals surface area contributed by atoms with E-state index in [2.05, 4.69) is 174 Å². The second-order valence-corrected chi connectivity index (χ2v) is 15.1. The average Bonchev–Trinajstić information content (AvgIpc) is 3.98. The lowest BCUT2D eigenvalue weighted by molar-refractivity contribution is 0.223. The Balaban J connectivity index is 0.944. The molecule has 0 radical (unpaired) electrons. The molecule has 4 N–H and O–H groups in total. The molecule has 0 bridgehead atoms. The quantitative estimate of drug-likeness (QED) is 0.139. The lowest BCUT2D eigenvalue weighted by atomic mass is 9.65. The molecule has 8 heteroatoms. The molecule has 8 aromatic rings. The highest BCUT2D eigenvalue weighted by atomic mass is 32.2. The Morgan fingerprint density at radius 1 is 0.340 bits per heavy atom. The van der Waals surface area contributed by atoms with Gasteiger partial charge in [-0.3, -0.25) is 0 Å². The fourth-order valence-electron chi connectivity index (χ4n) is 9.19. The van der Waals surface area contributed by atoms with Crippen molar-refractivity contribution in [3.8, 4) is 11.4 Å². The second-order valence-electron chi connectivity index (χ2n) is 13.8. The lowest BCUT2D eigenvalue weighted by Crippen LogP contribution is -2.61. The van der Waals surface area contributed by atoms with Crippen molar-refractivity contribution in [3.05, 3.63) is 157 Å². The fraction of sp³-hybridized carbons (Fsp3) is 0.143. The van der Waals surface area contributed by atoms with E-state index in [1.54, 1.807) is 24.3 Å². The Bertz CT molecular complexity index is 2250. The molecule has 3 aliphatic rings. The fourth-order valence-corrected chi connectivity index (χ4v) is 11.0. The van der Waals surface area contributed by atoms with Gasteiger partial charge in [-0.05, 0) is 59.7 Å². The number of benzene rings is 6. The van der Waals surface area contributed by atoms with Gasteiger partial charge < -0.3 is 9.13 Å². The van der Waals surface area contributed by atoms with Crippen molar-refractivity contribution in [2.24, 2.45) is 0 Å². The number of nitrogens with one attached hydrogen (secondary N) is 4. The van der Waals surface area contributed by atoms with Crippen molar-refractivity contribution >= 4 is 67.9 Å². The van der Waals surface area contributed by atoms with Crippen LogP contribution in [0.1, 0.15) is 23.0 Å². The minimum atomic E-state index is 0.260. The summed E-state index contributed by atoms with van der Waals surface area (Å²) >= 11 is 3.30. The van der Waals surface area contributed by atoms with Crippen LogP contribution in [0.4, 0.5) is 0 Å². The summed E-state index contributed by atoms with van der Waals surface area (Å²) in [6.45, 7) is 0. The largest absolute Gasteiger partial charge is 0.309 e. The number of hydrogen-bond donors (Lipinski definition) is 4. The van der Waals surface area contributed by atoms with E-state index >= 15 is 0 Å². The van der Waals surface area contributed by atoms with Gasteiger partial charge >= 0.3 is 0 Å². The van der Waals surface area contributed by atoms with Crippen LogP contribution in [0.3, 0.4) is 0 Å². The number of hydrogen-bond acceptors (Lipinski definition) is 6. The van der Waals surface area contributed by atoms with Gasteiger partial charge in [-0.15, -0.1) is 0 Å². The maximum absolute atomic E-state index is 3.80. The number of nitrogens with zero attached hydrogens (tertiary/aromatic N) is 2. The normalized spacial score (nSPS) is 24.7. The van der Waals surface area contributed by atoms with E-state index in [0.29, 0.717) is 0 Å². The molecule has 2 aliphatic heterocycles. The van der Waals surface area contributed by atoms with Crippen LogP contribution >= 0.6 is 24.3 Å². The zero-order chi connectivity index (χ0) is 32.8. The molecule has 2 saturated heterocycles. The predicted octanol–water partition coefficient (Wildman–Crippen LogP) is 8.75. The van der Waals surface area contributed by atoms with Gasteiger partial charge in [0.1, 0.15) is 0 Å². The third kappa shape index (κ3) is 4.27. The molecular formula is C42H34N6S2. The van der Waals surface area contributed by atoms with Gasteiger partial charge in [0.25, 0.3) is 0 Å². The Morgan fingerprint density at radius 2 is 0.620 bits per heavy atom. The van der Waals surface area contributed by atoms with Crippen LogP contribution in [-0.2, 0) is 0 Å². The summed E-state index contributed by atoms with van der Waals surface area (Å²) in [6.07, 6.45) is 0. The standard InChI is InChI=1S/C42H34N6S2/c1-5-13-33-29(9-1)30-10-2-6-14-34(30)47(33)27-21-17-25(18-22-27)37-39-41(45-49-43-39)38(42-40(37)44-50-46-42)26-19-23-28(24-20-26)48-35-15-7-3-11-31(35)32-12-4-8-16-36(32)48/h1-24,37-46H. The second kappa shape index (κ2) is 11.5. The summed E-state index contributed by atoms with van der Waals surface area (Å²) in [4.78, 5) is 0. The number of rotatable bonds is 4. The molecule has 50 heavy (non-hydrogen) atoms. The molecule has 2 aromatic heterocycles. The maximum Gasteiger partial charge on any atom is 0.0541 e. The molecule has 4 atom stereocenters. The Hall–Kier alpha value is -4.54. The van der Waals surface area contributed by atoms with Crippen molar-refractivity contribution in [1.82, 2.24) is 28.0 Å². The first kappa shape index (κ1) is 29.2. The van der Waals surface area contributed by atoms with Gasteiger partial charge in [0.15, 0.2) is 0 Å². The van der Waals surface area contributed by atoms with Gasteiger partial charge in [-0.1, -0.05) is 97.1 Å². The van der Waals surface area contributed by atoms with Crippen molar-refractivity contribution in [1.29, 1.82) is 0 Å². The molecule has 4 unspecified atom stereocenters. The van der Waals surface area contributed by atoms with Crippen LogP contribution in [0, 0.1) is 0 Å². The third-order valence-electron chi connectivity index (χ3n) is 11.3. The molecule has 1 aliphatic carbocycles. The molecule has 0 spiro atoms. The molecule has 3 fully saturated rings. The summed E-state index contributed by atoms with van der Waals surface area (Å²) in [7, 11) is 0. The van der Waals surface area contributed by atoms with E-state index in [4.69, 9.17) is 0 Å². The van der Waals surface area contributed by atoms with Crippen LogP contribution in [0.25, 0.3) is 55.0 Å². The molecule has 244 valence electrons. The van der Waals surface area contributed by atoms with E-state index in [9.17, 15) is 0 Å². The average molecular weight is 687 g/mol. The van der Waals surface area contributed by atoms with Crippen molar-refractivity contribution in [2.75, 3.05) is 0 Å². The highest BCUT2D eigenvalue weighted by molar-refractivity contribution is 7.96. The van der Waals surface area contributed by atoms with E-state index in [1.807, 2.05) is 0 Å². The van der Waals surface area contributed by atoms with Crippen LogP contribution < -0.4 is 18.9 Å². The highest BCUT2D eigenvalue weighted by Gasteiger charge is 2.55. The Labute approximate surface area is 298 Å². The summed E-state index contributed by atoms with van der Waals surface area (Å²) in [6, 6.07) is 54.6. The van der Waals surface area contributed by atoms with E-state index in [0.717, 1.165) is 0 Å². The van der Waals surface area contributed by atoms with Gasteiger partial charge in [-0.25, -0.2) is 18.9 Å². The summed E-state index contributed by atoms with van der Waals surface area (Å²) in [5, 5.41) is 5.15. The lowest BCUT2D eigenvalue weighted by Gasteiger charge is -2.46. The smallest absolute Gasteiger partial charge is 0.0541 e. The minimum absolute atomic E-state index is 0.260. The molecular weight excluding hydrogens is 653 g/mol. The summed E-state index contributed by atoms with van der Waals surface area (Å²) < 4.78 is 20.0. The SMILES string of the molecule is c1ccc2c(c1)c1ccccc1n2-c1ccc(C2C3NSNC3C(c3ccc(-n4c5ccccc5c5ccccc54)cc3)C3NSNC32)cc1. The topological polar surface area (TPSA) is 58.0 Å². The molecule has 6 aromatic carbocycles. The van der Waals surface area contributed by atoms with Gasteiger partial charge in [0.2, 0.25) is 0 Å². The predicted molar refractivity (Wildman–Crippen MR) is 210 cm³/mol. The van der Waals surface area contributed by atoms with Gasteiger partial charge in [0.05, 0.1) is 22.1 Å². The number of aromatic nitrogens is 2. The zero-order valence-corrected chi connectivity index (χ0v) is 28.7. The van der Waals surface area contributed by atoms with Crippen LogP contribution in [0.15, 0.2) is 146 Å². The molecule has 11 rings (SSSR count). The minimum Gasteiger partial charge on any atom is -0.309 e. The Morgan fingerprint density at radius 3 is 0.920 bits per heavy atom. The molecule has 4 heterocycles. The summed E-state index contributed by atoms with van der Waals surface area (Å²) in [5.74, 6) is 0.575. The number of fused-ring (bicyclic) bond motifs is 8. The van der Waals surface area contributed by atoms with Crippen LogP contribution in [0.2, 0.25) is 0 Å². The Kier molecular flexibility index (Phi) is 6.72. The van der Waals surface area contributed by atoms with Crippen molar-refractivity contribution in [3.63, 3.8) is 0 Å². The third-order valence-corrected chi connectivity index (χ3v) is 12.9. The highest BCUT2D eigenvalue weighted by Crippen LogP contribution is 2.47. The van der Waals surface area contributed by atoms with Crippen LogP contribution in [0.5, 0.6) is 0 Å². The summed E-state index contributed by atoms with van der Waals surface area (Å²) in [5.41, 5.74) is 10.0. The van der Waals surface area contributed by atoms with E-state index in [1.165, 1.54) is 66.1 Å². The monoisotopic (exact) mass is 686 g/mol. The first-order valence-electron chi connectivity index (χ1n) is 17.3. The van der Waals surface area contributed by atoms with Crippen LogP contribution in [-0.4, -0.2) is 33.3 Å².